The number of benzene rings is 4. The van der Waals surface area contributed by atoms with E-state index in [0.29, 0.717) is 0 Å². The normalized spacial score (nSPS) is 11.6. The van der Waals surface area contributed by atoms with E-state index < -0.39 is 0 Å². The second-order valence-electron chi connectivity index (χ2n) is 9.18. The van der Waals surface area contributed by atoms with Crippen molar-refractivity contribution in [1.29, 1.82) is 0 Å². The van der Waals surface area contributed by atoms with Crippen molar-refractivity contribution in [2.45, 2.75) is 13.8 Å². The van der Waals surface area contributed by atoms with E-state index in [0.717, 1.165) is 67.0 Å². The molecule has 0 radical (unpaired) electrons. The van der Waals surface area contributed by atoms with Crippen molar-refractivity contribution in [2.75, 3.05) is 0 Å². The first-order valence-electron chi connectivity index (χ1n) is 12.1. The molecule has 4 heteroatoms. The number of nitrogens with zero attached hydrogens (tertiary/aromatic N) is 3. The standard InChI is InChI=1S/C32H23N3O/c1-20-18-28-30(21(2)33-20)35(24-12-7-4-8-13-24)32(34-28)27-15-9-14-26-25-17-16-23(19-29(25)36-31(26)27)22-10-5-3-6-11-22/h3-19H,1-2H3. The smallest absolute Gasteiger partial charge is 0.149 e. The molecule has 7 aromatic rings. The number of hydrogen-bond acceptors (Lipinski definition) is 3. The van der Waals surface area contributed by atoms with E-state index in [-0.39, 0.29) is 0 Å². The first kappa shape index (κ1) is 20.7. The fraction of sp³-hybridized carbons (Fsp3) is 0.0625. The number of furan rings is 1. The van der Waals surface area contributed by atoms with Crippen LogP contribution < -0.4 is 0 Å². The van der Waals surface area contributed by atoms with Crippen LogP contribution in [0.4, 0.5) is 0 Å². The lowest BCUT2D eigenvalue weighted by Gasteiger charge is -2.11. The van der Waals surface area contributed by atoms with Crippen LogP contribution in [-0.2, 0) is 0 Å². The monoisotopic (exact) mass is 465 g/mol. The van der Waals surface area contributed by atoms with Gasteiger partial charge < -0.3 is 4.42 Å². The van der Waals surface area contributed by atoms with Crippen LogP contribution in [0.5, 0.6) is 0 Å². The van der Waals surface area contributed by atoms with Gasteiger partial charge in [-0.1, -0.05) is 66.7 Å². The van der Waals surface area contributed by atoms with Gasteiger partial charge in [0.25, 0.3) is 0 Å². The van der Waals surface area contributed by atoms with Crippen molar-refractivity contribution >= 4 is 33.0 Å². The third-order valence-corrected chi connectivity index (χ3v) is 6.80. The molecule has 0 aliphatic rings. The predicted octanol–water partition coefficient (Wildman–Crippen LogP) is 8.27. The highest BCUT2D eigenvalue weighted by Gasteiger charge is 2.21. The van der Waals surface area contributed by atoms with Crippen LogP contribution in [0.25, 0.3) is 61.2 Å². The molecule has 0 aliphatic heterocycles. The number of rotatable bonds is 3. The number of hydrogen-bond donors (Lipinski definition) is 0. The molecule has 0 bridgehead atoms. The summed E-state index contributed by atoms with van der Waals surface area (Å²) in [5, 5.41) is 2.18. The summed E-state index contributed by atoms with van der Waals surface area (Å²) in [6, 6.07) is 35.5. The van der Waals surface area contributed by atoms with Gasteiger partial charge in [0.1, 0.15) is 17.0 Å². The molecular weight excluding hydrogens is 442 g/mol. The SMILES string of the molecule is Cc1cc2nc(-c3cccc4c3oc3cc(-c5ccccc5)ccc34)n(-c3ccccc3)c2c(C)n1. The van der Waals surface area contributed by atoms with Crippen LogP contribution in [0.2, 0.25) is 0 Å². The molecule has 0 unspecified atom stereocenters. The molecular formula is C32H23N3O. The fourth-order valence-electron chi connectivity index (χ4n) is 5.23. The average molecular weight is 466 g/mol. The molecule has 172 valence electrons. The topological polar surface area (TPSA) is 43.9 Å². The summed E-state index contributed by atoms with van der Waals surface area (Å²) in [5.74, 6) is 0.847. The lowest BCUT2D eigenvalue weighted by molar-refractivity contribution is 0.669. The maximum absolute atomic E-state index is 6.57. The Morgan fingerprint density at radius 1 is 0.667 bits per heavy atom. The third-order valence-electron chi connectivity index (χ3n) is 6.80. The van der Waals surface area contributed by atoms with Gasteiger partial charge in [-0.3, -0.25) is 9.55 Å². The maximum atomic E-state index is 6.57. The number of aromatic nitrogens is 3. The number of para-hydroxylation sites is 2. The van der Waals surface area contributed by atoms with Crippen molar-refractivity contribution in [3.8, 4) is 28.2 Å². The van der Waals surface area contributed by atoms with E-state index in [1.807, 2.05) is 26.0 Å². The van der Waals surface area contributed by atoms with E-state index in [1.165, 1.54) is 5.56 Å². The second kappa shape index (κ2) is 7.92. The highest BCUT2D eigenvalue weighted by Crippen LogP contribution is 2.39. The highest BCUT2D eigenvalue weighted by molar-refractivity contribution is 6.10. The molecule has 3 aromatic heterocycles. The third kappa shape index (κ3) is 3.15. The van der Waals surface area contributed by atoms with Crippen molar-refractivity contribution in [1.82, 2.24) is 14.5 Å². The number of fused-ring (bicyclic) bond motifs is 4. The Morgan fingerprint density at radius 3 is 2.25 bits per heavy atom. The molecule has 36 heavy (non-hydrogen) atoms. The quantitative estimate of drug-likeness (QED) is 0.264. The number of aryl methyl sites for hydroxylation is 2. The molecule has 0 atom stereocenters. The lowest BCUT2D eigenvalue weighted by atomic mass is 10.0. The molecule has 7 rings (SSSR count). The first-order chi connectivity index (χ1) is 17.7. The van der Waals surface area contributed by atoms with Gasteiger partial charge in [-0.25, -0.2) is 4.98 Å². The van der Waals surface area contributed by atoms with E-state index in [4.69, 9.17) is 14.4 Å². The first-order valence-corrected chi connectivity index (χ1v) is 12.1. The Kier molecular flexibility index (Phi) is 4.55. The summed E-state index contributed by atoms with van der Waals surface area (Å²) in [6.45, 7) is 4.06. The van der Waals surface area contributed by atoms with Gasteiger partial charge in [-0.2, -0.15) is 0 Å². The van der Waals surface area contributed by atoms with Crippen molar-refractivity contribution in [3.05, 3.63) is 115 Å². The minimum atomic E-state index is 0.840. The highest BCUT2D eigenvalue weighted by atomic mass is 16.3. The van der Waals surface area contributed by atoms with Gasteiger partial charge in [-0.05, 0) is 61.4 Å². The molecule has 0 aliphatic carbocycles. The zero-order chi connectivity index (χ0) is 24.2. The van der Waals surface area contributed by atoms with Gasteiger partial charge in [0.05, 0.1) is 22.3 Å². The van der Waals surface area contributed by atoms with E-state index in [9.17, 15) is 0 Å². The van der Waals surface area contributed by atoms with Crippen LogP contribution >= 0.6 is 0 Å². The largest absolute Gasteiger partial charge is 0.455 e. The van der Waals surface area contributed by atoms with E-state index in [2.05, 4.69) is 95.6 Å². The van der Waals surface area contributed by atoms with Crippen molar-refractivity contribution < 1.29 is 4.42 Å². The Morgan fingerprint density at radius 2 is 1.44 bits per heavy atom. The number of pyridine rings is 1. The van der Waals surface area contributed by atoms with Crippen LogP contribution in [0.1, 0.15) is 11.4 Å². The van der Waals surface area contributed by atoms with Crippen LogP contribution in [-0.4, -0.2) is 14.5 Å². The Bertz CT molecular complexity index is 1900. The minimum absolute atomic E-state index is 0.840. The van der Waals surface area contributed by atoms with Crippen LogP contribution in [0, 0.1) is 13.8 Å². The van der Waals surface area contributed by atoms with Crippen molar-refractivity contribution in [2.24, 2.45) is 0 Å². The molecule has 4 nitrogen and oxygen atoms in total. The zero-order valence-electron chi connectivity index (χ0n) is 20.1. The molecule has 0 spiro atoms. The Hall–Kier alpha value is -4.70. The van der Waals surface area contributed by atoms with Crippen molar-refractivity contribution in [3.63, 3.8) is 0 Å². The molecule has 0 fully saturated rings. The van der Waals surface area contributed by atoms with Gasteiger partial charge in [-0.15, -0.1) is 0 Å². The minimum Gasteiger partial charge on any atom is -0.455 e. The Balaban J connectivity index is 1.52. The molecule has 0 saturated heterocycles. The molecule has 0 saturated carbocycles. The Labute approximate surface area is 208 Å². The van der Waals surface area contributed by atoms with Gasteiger partial charge in [0.15, 0.2) is 0 Å². The molecule has 3 heterocycles. The summed E-state index contributed by atoms with van der Waals surface area (Å²) in [6.07, 6.45) is 0. The lowest BCUT2D eigenvalue weighted by Crippen LogP contribution is -1.99. The van der Waals surface area contributed by atoms with Gasteiger partial charge in [0, 0.05) is 22.2 Å². The predicted molar refractivity (Wildman–Crippen MR) is 146 cm³/mol. The zero-order valence-corrected chi connectivity index (χ0v) is 20.1. The van der Waals surface area contributed by atoms with Crippen LogP contribution in [0.15, 0.2) is 108 Å². The van der Waals surface area contributed by atoms with E-state index in [1.54, 1.807) is 0 Å². The van der Waals surface area contributed by atoms with E-state index >= 15 is 0 Å². The summed E-state index contributed by atoms with van der Waals surface area (Å²) in [5.41, 5.74) is 9.88. The second-order valence-corrected chi connectivity index (χ2v) is 9.18. The van der Waals surface area contributed by atoms with Crippen LogP contribution in [0.3, 0.4) is 0 Å². The summed E-state index contributed by atoms with van der Waals surface area (Å²) in [7, 11) is 0. The number of imidazole rings is 1. The van der Waals surface area contributed by atoms with Gasteiger partial charge in [0.2, 0.25) is 0 Å². The summed E-state index contributed by atoms with van der Waals surface area (Å²) >= 11 is 0. The summed E-state index contributed by atoms with van der Waals surface area (Å²) < 4.78 is 8.77. The average Bonchev–Trinajstić information content (AvgIpc) is 3.48. The van der Waals surface area contributed by atoms with Gasteiger partial charge >= 0.3 is 0 Å². The molecule has 0 N–H and O–H groups in total. The molecule has 4 aromatic carbocycles. The molecule has 0 amide bonds. The summed E-state index contributed by atoms with van der Waals surface area (Å²) in [4.78, 5) is 9.88. The fourth-order valence-corrected chi connectivity index (χ4v) is 5.23. The maximum Gasteiger partial charge on any atom is 0.149 e.